The Hall–Kier alpha value is -0.620. The van der Waals surface area contributed by atoms with Gasteiger partial charge in [0.25, 0.3) is 0 Å². The smallest absolute Gasteiger partial charge is 0.305 e. The van der Waals surface area contributed by atoms with Gasteiger partial charge in [-0.3, -0.25) is 4.79 Å². The first-order valence-corrected chi connectivity index (χ1v) is 6.00. The summed E-state index contributed by atoms with van der Waals surface area (Å²) in [6.45, 7) is 3.47. The molecule has 0 spiro atoms. The Morgan fingerprint density at radius 1 is 1.43 bits per heavy atom. The lowest BCUT2D eigenvalue weighted by Gasteiger charge is -2.08. The number of esters is 1. The molecule has 84 valence electrons. The quantitative estimate of drug-likeness (QED) is 0.518. The van der Waals surface area contributed by atoms with Crippen molar-refractivity contribution in [2.24, 2.45) is 0 Å². The van der Waals surface area contributed by atoms with Gasteiger partial charge in [-0.2, -0.15) is 0 Å². The maximum absolute atomic E-state index is 11.2. The molecule has 0 heterocycles. The van der Waals surface area contributed by atoms with E-state index in [0.29, 0.717) is 6.42 Å². The van der Waals surface area contributed by atoms with Gasteiger partial charge in [-0.25, -0.2) is 13.1 Å². The van der Waals surface area contributed by atoms with E-state index in [4.69, 9.17) is 0 Å². The molecule has 0 unspecified atom stereocenters. The molecule has 14 heavy (non-hydrogen) atoms. The Morgan fingerprint density at radius 3 is 2.43 bits per heavy atom. The van der Waals surface area contributed by atoms with Gasteiger partial charge in [0, 0.05) is 13.0 Å². The molecule has 0 rings (SSSR count). The first kappa shape index (κ1) is 13.4. The van der Waals surface area contributed by atoms with Crippen molar-refractivity contribution in [3.8, 4) is 0 Å². The van der Waals surface area contributed by atoms with Crippen molar-refractivity contribution in [1.82, 2.24) is 4.72 Å². The second kappa shape index (κ2) is 5.98. The van der Waals surface area contributed by atoms with Gasteiger partial charge in [-0.1, -0.05) is 0 Å². The minimum atomic E-state index is -3.20. The summed E-state index contributed by atoms with van der Waals surface area (Å²) in [7, 11) is -1.90. The maximum atomic E-state index is 11.2. The molecule has 0 aromatic heterocycles. The van der Waals surface area contributed by atoms with E-state index in [1.165, 1.54) is 7.11 Å². The zero-order valence-corrected chi connectivity index (χ0v) is 9.56. The van der Waals surface area contributed by atoms with Gasteiger partial charge in [0.05, 0.1) is 12.4 Å². The van der Waals surface area contributed by atoms with Crippen LogP contribution in [0.5, 0.6) is 0 Å². The van der Waals surface area contributed by atoms with Gasteiger partial charge >= 0.3 is 5.97 Å². The van der Waals surface area contributed by atoms with E-state index in [1.807, 2.05) is 0 Å². The van der Waals surface area contributed by atoms with E-state index in [2.05, 4.69) is 9.46 Å². The molecule has 0 aromatic rings. The van der Waals surface area contributed by atoms with Crippen LogP contribution in [-0.4, -0.2) is 33.3 Å². The number of hydrogen-bond donors (Lipinski definition) is 1. The lowest BCUT2D eigenvalue weighted by molar-refractivity contribution is -0.140. The molecule has 0 fully saturated rings. The van der Waals surface area contributed by atoms with Gasteiger partial charge in [0.1, 0.15) is 0 Å². The lowest BCUT2D eigenvalue weighted by atomic mass is 10.3. The molecule has 0 saturated heterocycles. The number of carbonyl (C=O) groups is 1. The number of methoxy groups -OCH3 is 1. The molecule has 5 nitrogen and oxygen atoms in total. The fourth-order valence-electron chi connectivity index (χ4n) is 0.716. The third-order valence-electron chi connectivity index (χ3n) is 1.71. The van der Waals surface area contributed by atoms with Crippen molar-refractivity contribution in [3.63, 3.8) is 0 Å². The van der Waals surface area contributed by atoms with Crippen LogP contribution in [0.25, 0.3) is 0 Å². The topological polar surface area (TPSA) is 72.5 Å². The summed E-state index contributed by atoms with van der Waals surface area (Å²) >= 11 is 0. The largest absolute Gasteiger partial charge is 0.469 e. The second-order valence-corrected chi connectivity index (χ2v) is 5.49. The minimum Gasteiger partial charge on any atom is -0.469 e. The zero-order valence-electron chi connectivity index (χ0n) is 8.74. The number of ether oxygens (including phenoxy) is 1. The van der Waals surface area contributed by atoms with Gasteiger partial charge < -0.3 is 4.74 Å². The molecule has 0 aliphatic heterocycles. The average molecular weight is 223 g/mol. The summed E-state index contributed by atoms with van der Waals surface area (Å²) in [5.74, 6) is -0.325. The second-order valence-electron chi connectivity index (χ2n) is 3.17. The average Bonchev–Trinajstić information content (AvgIpc) is 2.11. The maximum Gasteiger partial charge on any atom is 0.305 e. The van der Waals surface area contributed by atoms with Crippen LogP contribution in [-0.2, 0) is 19.6 Å². The Labute approximate surface area is 84.9 Å². The van der Waals surface area contributed by atoms with Crippen molar-refractivity contribution >= 4 is 16.0 Å². The van der Waals surface area contributed by atoms with Crippen LogP contribution in [0.2, 0.25) is 0 Å². The highest BCUT2D eigenvalue weighted by Gasteiger charge is 2.14. The monoisotopic (exact) mass is 223 g/mol. The highest BCUT2D eigenvalue weighted by Crippen LogP contribution is 1.97. The van der Waals surface area contributed by atoms with E-state index < -0.39 is 15.3 Å². The van der Waals surface area contributed by atoms with Crippen LogP contribution in [0, 0.1) is 0 Å². The molecule has 0 atom stereocenters. The Balaban J connectivity index is 3.71. The van der Waals surface area contributed by atoms with E-state index in [1.54, 1.807) is 13.8 Å². The molecule has 0 amide bonds. The van der Waals surface area contributed by atoms with Crippen LogP contribution in [0.4, 0.5) is 0 Å². The van der Waals surface area contributed by atoms with Crippen molar-refractivity contribution in [2.45, 2.75) is 31.9 Å². The predicted octanol–water partition coefficient (Wildman–Crippen LogP) is 0.267. The molecule has 1 N–H and O–H groups in total. The summed E-state index contributed by atoms with van der Waals surface area (Å²) in [6, 6.07) is 0. The molecular formula is C8H17NO4S. The summed E-state index contributed by atoms with van der Waals surface area (Å²) in [4.78, 5) is 10.7. The van der Waals surface area contributed by atoms with E-state index in [0.717, 1.165) is 0 Å². The van der Waals surface area contributed by atoms with E-state index >= 15 is 0 Å². The normalized spacial score (nSPS) is 11.7. The molecule has 0 bridgehead atoms. The SMILES string of the molecule is COC(=O)CCCNS(=O)(=O)C(C)C. The summed E-state index contributed by atoms with van der Waals surface area (Å²) < 4.78 is 29.3. The van der Waals surface area contributed by atoms with E-state index in [9.17, 15) is 13.2 Å². The fraction of sp³-hybridized carbons (Fsp3) is 0.875. The van der Waals surface area contributed by atoms with Crippen LogP contribution in [0.15, 0.2) is 0 Å². The van der Waals surface area contributed by atoms with Crippen molar-refractivity contribution in [3.05, 3.63) is 0 Å². The summed E-state index contributed by atoms with van der Waals surface area (Å²) in [5, 5.41) is -0.444. The molecule has 0 saturated carbocycles. The van der Waals surface area contributed by atoms with Gasteiger partial charge in [-0.05, 0) is 20.3 Å². The minimum absolute atomic E-state index is 0.233. The summed E-state index contributed by atoms with van der Waals surface area (Å²) in [5.41, 5.74) is 0. The lowest BCUT2D eigenvalue weighted by Crippen LogP contribution is -2.31. The molecule has 0 aliphatic carbocycles. The Kier molecular flexibility index (Phi) is 5.71. The predicted molar refractivity (Wildman–Crippen MR) is 53.3 cm³/mol. The number of nitrogens with one attached hydrogen (secondary N) is 1. The third-order valence-corrected chi connectivity index (χ3v) is 3.56. The van der Waals surface area contributed by atoms with Gasteiger partial charge in [-0.15, -0.1) is 0 Å². The highest BCUT2D eigenvalue weighted by atomic mass is 32.2. The Morgan fingerprint density at radius 2 is 2.00 bits per heavy atom. The van der Waals surface area contributed by atoms with Crippen LogP contribution in [0.1, 0.15) is 26.7 Å². The fourth-order valence-corrected chi connectivity index (χ4v) is 1.48. The molecule has 0 aliphatic rings. The number of sulfonamides is 1. The first-order chi connectivity index (χ1) is 6.40. The van der Waals surface area contributed by atoms with Crippen molar-refractivity contribution in [2.75, 3.05) is 13.7 Å². The van der Waals surface area contributed by atoms with Crippen LogP contribution >= 0.6 is 0 Å². The van der Waals surface area contributed by atoms with Crippen LogP contribution in [0.3, 0.4) is 0 Å². The summed E-state index contributed by atoms with van der Waals surface area (Å²) in [6.07, 6.45) is 0.690. The molecular weight excluding hydrogens is 206 g/mol. The highest BCUT2D eigenvalue weighted by molar-refractivity contribution is 7.90. The van der Waals surface area contributed by atoms with E-state index in [-0.39, 0.29) is 18.9 Å². The third kappa shape index (κ3) is 5.18. The number of hydrogen-bond acceptors (Lipinski definition) is 4. The van der Waals surface area contributed by atoms with Crippen molar-refractivity contribution < 1.29 is 17.9 Å². The first-order valence-electron chi connectivity index (χ1n) is 4.45. The molecule has 0 radical (unpaired) electrons. The van der Waals surface area contributed by atoms with Crippen LogP contribution < -0.4 is 4.72 Å². The zero-order chi connectivity index (χ0) is 11.2. The van der Waals surface area contributed by atoms with Gasteiger partial charge in [0.2, 0.25) is 10.0 Å². The molecule has 6 heteroatoms. The number of carbonyl (C=O) groups excluding carboxylic acids is 1. The standard InChI is InChI=1S/C8H17NO4S/c1-7(2)14(11,12)9-6-4-5-8(10)13-3/h7,9H,4-6H2,1-3H3. The Bertz CT molecular complexity index is 271. The van der Waals surface area contributed by atoms with Gasteiger partial charge in [0.15, 0.2) is 0 Å². The molecule has 0 aromatic carbocycles. The van der Waals surface area contributed by atoms with Crippen molar-refractivity contribution in [1.29, 1.82) is 0 Å². The number of rotatable bonds is 6.